The molecule has 0 spiro atoms. The molecule has 1 aromatic carbocycles. The van der Waals surface area contributed by atoms with Crippen molar-refractivity contribution in [1.29, 1.82) is 0 Å². The lowest BCUT2D eigenvalue weighted by molar-refractivity contribution is 0.404. The maximum Gasteiger partial charge on any atom is 0.159 e. The Bertz CT molecular complexity index is 468. The zero-order valence-corrected chi connectivity index (χ0v) is 7.02. The Morgan fingerprint density at radius 1 is 1.08 bits per heavy atom. The molecule has 0 aliphatic carbocycles. The summed E-state index contributed by atoms with van der Waals surface area (Å²) in [7, 11) is 0. The van der Waals surface area contributed by atoms with Gasteiger partial charge in [-0.3, -0.25) is 0 Å². The summed E-state index contributed by atoms with van der Waals surface area (Å²) in [5.41, 5.74) is 1.41. The van der Waals surface area contributed by atoms with E-state index in [1.807, 2.05) is 6.92 Å². The third-order valence-corrected chi connectivity index (χ3v) is 1.93. The van der Waals surface area contributed by atoms with Crippen molar-refractivity contribution in [3.63, 3.8) is 0 Å². The summed E-state index contributed by atoms with van der Waals surface area (Å²) >= 11 is 0. The lowest BCUT2D eigenvalue weighted by atomic mass is 10.2. The molecule has 0 unspecified atom stereocenters. The number of aromatic nitrogens is 2. The highest BCUT2D eigenvalue weighted by molar-refractivity contribution is 5.83. The van der Waals surface area contributed by atoms with Crippen LogP contribution >= 0.6 is 0 Å². The van der Waals surface area contributed by atoms with E-state index in [1.165, 1.54) is 18.5 Å². The van der Waals surface area contributed by atoms with Gasteiger partial charge < -0.3 is 10.2 Å². The number of benzene rings is 1. The van der Waals surface area contributed by atoms with Gasteiger partial charge in [0.05, 0.1) is 5.52 Å². The van der Waals surface area contributed by atoms with Crippen LogP contribution in [0.15, 0.2) is 18.5 Å². The number of nitrogens with zero attached hydrogens (tertiary/aromatic N) is 2. The van der Waals surface area contributed by atoms with Gasteiger partial charge in [0.25, 0.3) is 0 Å². The molecule has 13 heavy (non-hydrogen) atoms. The lowest BCUT2D eigenvalue weighted by Gasteiger charge is -2.02. The van der Waals surface area contributed by atoms with Crippen LogP contribution in [0, 0.1) is 6.92 Å². The minimum absolute atomic E-state index is 0.148. The zero-order chi connectivity index (χ0) is 9.42. The maximum absolute atomic E-state index is 9.24. The molecule has 0 saturated carbocycles. The molecular formula is C9H8N2O2. The smallest absolute Gasteiger partial charge is 0.159 e. The van der Waals surface area contributed by atoms with E-state index >= 15 is 0 Å². The van der Waals surface area contributed by atoms with E-state index < -0.39 is 0 Å². The molecular weight excluding hydrogens is 168 g/mol. The standard InChI is InChI=1S/C9H8N2O2/c1-5-6-2-8(12)9(13)3-7(6)11-4-10-5/h2-4,12-13H,1H3. The van der Waals surface area contributed by atoms with Gasteiger partial charge in [-0.25, -0.2) is 9.97 Å². The molecule has 0 aliphatic heterocycles. The molecule has 4 heteroatoms. The van der Waals surface area contributed by atoms with Gasteiger partial charge in [0, 0.05) is 17.1 Å². The average Bonchev–Trinajstić information content (AvgIpc) is 2.09. The van der Waals surface area contributed by atoms with Crippen molar-refractivity contribution in [2.24, 2.45) is 0 Å². The summed E-state index contributed by atoms with van der Waals surface area (Å²) in [5.74, 6) is -0.309. The summed E-state index contributed by atoms with van der Waals surface area (Å²) in [6.45, 7) is 1.82. The quantitative estimate of drug-likeness (QED) is 0.594. The van der Waals surface area contributed by atoms with E-state index in [2.05, 4.69) is 9.97 Å². The van der Waals surface area contributed by atoms with E-state index in [0.29, 0.717) is 5.52 Å². The average molecular weight is 176 g/mol. The van der Waals surface area contributed by atoms with Crippen LogP contribution in [0.5, 0.6) is 11.5 Å². The summed E-state index contributed by atoms with van der Waals surface area (Å²) < 4.78 is 0. The van der Waals surface area contributed by atoms with Crippen LogP contribution in [0.4, 0.5) is 0 Å². The Kier molecular flexibility index (Phi) is 1.55. The molecule has 0 bridgehead atoms. The normalized spacial score (nSPS) is 10.5. The highest BCUT2D eigenvalue weighted by Gasteiger charge is 2.04. The zero-order valence-electron chi connectivity index (χ0n) is 7.02. The largest absolute Gasteiger partial charge is 0.504 e. The third-order valence-electron chi connectivity index (χ3n) is 1.93. The van der Waals surface area contributed by atoms with Gasteiger partial charge in [0.1, 0.15) is 6.33 Å². The fourth-order valence-electron chi connectivity index (χ4n) is 1.21. The first kappa shape index (κ1) is 7.79. The Hall–Kier alpha value is -1.84. The second-order valence-corrected chi connectivity index (χ2v) is 2.82. The molecule has 4 nitrogen and oxygen atoms in total. The maximum atomic E-state index is 9.24. The Balaban J connectivity index is 2.89. The molecule has 0 atom stereocenters. The fourth-order valence-corrected chi connectivity index (χ4v) is 1.21. The number of hydrogen-bond donors (Lipinski definition) is 2. The number of aryl methyl sites for hydroxylation is 1. The Morgan fingerprint density at radius 2 is 1.77 bits per heavy atom. The van der Waals surface area contributed by atoms with Crippen molar-refractivity contribution in [2.75, 3.05) is 0 Å². The van der Waals surface area contributed by atoms with Crippen molar-refractivity contribution >= 4 is 10.9 Å². The minimum atomic E-state index is -0.161. The number of fused-ring (bicyclic) bond motifs is 1. The SMILES string of the molecule is Cc1ncnc2cc(O)c(O)cc12. The van der Waals surface area contributed by atoms with Gasteiger partial charge in [0.15, 0.2) is 11.5 Å². The van der Waals surface area contributed by atoms with Crippen molar-refractivity contribution in [3.8, 4) is 11.5 Å². The van der Waals surface area contributed by atoms with E-state index in [0.717, 1.165) is 11.1 Å². The first-order chi connectivity index (χ1) is 6.18. The summed E-state index contributed by atoms with van der Waals surface area (Å²) in [6, 6.07) is 2.87. The first-order valence-corrected chi connectivity index (χ1v) is 3.82. The summed E-state index contributed by atoms with van der Waals surface area (Å²) in [6.07, 6.45) is 1.42. The van der Waals surface area contributed by atoms with Crippen LogP contribution in [0.3, 0.4) is 0 Å². The second kappa shape index (κ2) is 2.58. The van der Waals surface area contributed by atoms with Crippen molar-refractivity contribution in [3.05, 3.63) is 24.2 Å². The van der Waals surface area contributed by atoms with Gasteiger partial charge in [-0.1, -0.05) is 0 Å². The number of phenolic OH excluding ortho intramolecular Hbond substituents is 2. The van der Waals surface area contributed by atoms with Gasteiger partial charge in [-0.2, -0.15) is 0 Å². The highest BCUT2D eigenvalue weighted by atomic mass is 16.3. The lowest BCUT2D eigenvalue weighted by Crippen LogP contribution is -1.86. The van der Waals surface area contributed by atoms with Crippen LogP contribution in [0.2, 0.25) is 0 Å². The third kappa shape index (κ3) is 1.16. The molecule has 0 radical (unpaired) electrons. The molecule has 1 aromatic heterocycles. The number of hydrogen-bond acceptors (Lipinski definition) is 4. The van der Waals surface area contributed by atoms with Crippen LogP contribution in [0.1, 0.15) is 5.69 Å². The van der Waals surface area contributed by atoms with Gasteiger partial charge in [0.2, 0.25) is 0 Å². The number of rotatable bonds is 0. The van der Waals surface area contributed by atoms with Crippen molar-refractivity contribution < 1.29 is 10.2 Å². The van der Waals surface area contributed by atoms with Crippen LogP contribution in [-0.2, 0) is 0 Å². The Labute approximate surface area is 74.5 Å². The Morgan fingerprint density at radius 3 is 2.54 bits per heavy atom. The molecule has 2 aromatic rings. The molecule has 0 aliphatic rings. The molecule has 2 rings (SSSR count). The molecule has 0 amide bonds. The summed E-state index contributed by atoms with van der Waals surface area (Å²) in [5, 5.41) is 19.2. The predicted molar refractivity (Wildman–Crippen MR) is 47.6 cm³/mol. The van der Waals surface area contributed by atoms with E-state index in [4.69, 9.17) is 0 Å². The minimum Gasteiger partial charge on any atom is -0.504 e. The van der Waals surface area contributed by atoms with E-state index in [1.54, 1.807) is 0 Å². The van der Waals surface area contributed by atoms with Gasteiger partial charge >= 0.3 is 0 Å². The monoisotopic (exact) mass is 176 g/mol. The van der Waals surface area contributed by atoms with Gasteiger partial charge in [-0.05, 0) is 13.0 Å². The van der Waals surface area contributed by atoms with Crippen LogP contribution in [-0.4, -0.2) is 20.2 Å². The fraction of sp³-hybridized carbons (Fsp3) is 0.111. The number of aromatic hydroxyl groups is 2. The molecule has 0 saturated heterocycles. The van der Waals surface area contributed by atoms with E-state index in [-0.39, 0.29) is 11.5 Å². The van der Waals surface area contributed by atoms with Crippen LogP contribution < -0.4 is 0 Å². The van der Waals surface area contributed by atoms with Crippen molar-refractivity contribution in [1.82, 2.24) is 9.97 Å². The second-order valence-electron chi connectivity index (χ2n) is 2.82. The molecule has 1 heterocycles. The predicted octanol–water partition coefficient (Wildman–Crippen LogP) is 1.35. The van der Waals surface area contributed by atoms with E-state index in [9.17, 15) is 10.2 Å². The molecule has 0 fully saturated rings. The highest BCUT2D eigenvalue weighted by Crippen LogP contribution is 2.29. The number of phenols is 2. The molecule has 2 N–H and O–H groups in total. The van der Waals surface area contributed by atoms with Crippen molar-refractivity contribution in [2.45, 2.75) is 6.92 Å². The van der Waals surface area contributed by atoms with Crippen LogP contribution in [0.25, 0.3) is 10.9 Å². The first-order valence-electron chi connectivity index (χ1n) is 3.82. The topological polar surface area (TPSA) is 66.2 Å². The van der Waals surface area contributed by atoms with Gasteiger partial charge in [-0.15, -0.1) is 0 Å². The summed E-state index contributed by atoms with van der Waals surface area (Å²) in [4.78, 5) is 7.94. The molecule has 66 valence electrons.